The van der Waals surface area contributed by atoms with Crippen LogP contribution in [-0.4, -0.2) is 19.3 Å². The van der Waals surface area contributed by atoms with Crippen molar-refractivity contribution in [1.29, 1.82) is 0 Å². The van der Waals surface area contributed by atoms with Gasteiger partial charge < -0.3 is 4.57 Å². The highest BCUT2D eigenvalue weighted by atomic mass is 15.3. The van der Waals surface area contributed by atoms with Crippen molar-refractivity contribution >= 4 is 21.9 Å². The van der Waals surface area contributed by atoms with Crippen molar-refractivity contribution in [2.24, 2.45) is 0 Å². The van der Waals surface area contributed by atoms with Crippen LogP contribution in [-0.2, 0) is 28.3 Å². The van der Waals surface area contributed by atoms with Gasteiger partial charge in [-0.3, -0.25) is 9.67 Å². The number of rotatable bonds is 3. The molecule has 3 aromatic heterocycles. The molecule has 0 amide bonds. The van der Waals surface area contributed by atoms with Gasteiger partial charge in [-0.25, -0.2) is 0 Å². The van der Waals surface area contributed by atoms with Crippen LogP contribution in [0.2, 0.25) is 0 Å². The van der Waals surface area contributed by atoms with Crippen molar-refractivity contribution in [3.63, 3.8) is 0 Å². The fourth-order valence-electron chi connectivity index (χ4n) is 5.42. The normalized spacial score (nSPS) is 13.9. The third-order valence-corrected chi connectivity index (χ3v) is 6.87. The summed E-state index contributed by atoms with van der Waals surface area (Å²) in [5, 5.41) is 6.21. The second-order valence-corrected chi connectivity index (χ2v) is 13.6. The van der Waals surface area contributed by atoms with Crippen LogP contribution in [0.1, 0.15) is 93.0 Å². The number of hydrogen-bond donors (Lipinski definition) is 0. The maximum absolute atomic E-state index is 4.94. The van der Waals surface area contributed by atoms with Crippen LogP contribution < -0.4 is 0 Å². The molecule has 0 aliphatic carbocycles. The molecule has 0 radical (unpaired) electrons. The second kappa shape index (κ2) is 7.69. The molecule has 4 nitrogen and oxygen atoms in total. The maximum Gasteiger partial charge on any atom is 0.0884 e. The highest BCUT2D eigenvalue weighted by molar-refractivity contribution is 5.85. The zero-order valence-electron chi connectivity index (χ0n) is 23.0. The summed E-state index contributed by atoms with van der Waals surface area (Å²) in [4.78, 5) is 4.66. The fourth-order valence-corrected chi connectivity index (χ4v) is 5.42. The fraction of sp³-hybridized carbons (Fsp3) is 0.533. The van der Waals surface area contributed by atoms with Gasteiger partial charge in [-0.15, -0.1) is 0 Å². The van der Waals surface area contributed by atoms with Gasteiger partial charge in [-0.1, -0.05) is 61.5 Å². The molecule has 182 valence electrons. The molecule has 1 aromatic carbocycles. The highest BCUT2D eigenvalue weighted by Gasteiger charge is 2.33. The summed E-state index contributed by atoms with van der Waals surface area (Å²) < 4.78 is 4.66. The minimum atomic E-state index is -0.141. The molecule has 3 heterocycles. The largest absolute Gasteiger partial charge is 0.337 e. The standard InChI is InChI=1S/C30H42N4/c1-27(2,3)21-14-15-23-20(26(21)28(4,5)6)18-32-33(23)19-30(10,11)25-17-22-24(13-12-16-31-22)34(25)29(7,8)9/h12-18H,19H2,1-11H3. The van der Waals surface area contributed by atoms with Gasteiger partial charge in [0.15, 0.2) is 0 Å². The number of pyridine rings is 1. The Hall–Kier alpha value is -2.62. The summed E-state index contributed by atoms with van der Waals surface area (Å²) in [6.07, 6.45) is 3.97. The van der Waals surface area contributed by atoms with Gasteiger partial charge >= 0.3 is 0 Å². The smallest absolute Gasteiger partial charge is 0.0884 e. The van der Waals surface area contributed by atoms with E-state index in [4.69, 9.17) is 5.10 Å². The van der Waals surface area contributed by atoms with E-state index in [0.29, 0.717) is 0 Å². The molecule has 0 saturated carbocycles. The SMILES string of the molecule is CC(C)(C)c1ccc2c(cnn2CC(C)(C)c2cc3ncccc3n2C(C)(C)C)c1C(C)(C)C. The summed E-state index contributed by atoms with van der Waals surface area (Å²) in [5.74, 6) is 0. The Morgan fingerprint density at radius 2 is 1.47 bits per heavy atom. The third-order valence-electron chi connectivity index (χ3n) is 6.87. The summed E-state index contributed by atoms with van der Waals surface area (Å²) in [6.45, 7) is 26.1. The molecule has 0 unspecified atom stereocenters. The number of benzene rings is 1. The minimum Gasteiger partial charge on any atom is -0.337 e. The molecule has 4 rings (SSSR count). The Labute approximate surface area is 205 Å². The average Bonchev–Trinajstić information content (AvgIpc) is 3.27. The predicted octanol–water partition coefficient (Wildman–Crippen LogP) is 7.71. The van der Waals surface area contributed by atoms with E-state index in [-0.39, 0.29) is 21.8 Å². The Morgan fingerprint density at radius 1 is 0.794 bits per heavy atom. The third kappa shape index (κ3) is 4.16. The summed E-state index contributed by atoms with van der Waals surface area (Å²) in [5.41, 5.74) is 7.49. The first-order valence-electron chi connectivity index (χ1n) is 12.5. The van der Waals surface area contributed by atoms with E-state index < -0.39 is 0 Å². The Balaban J connectivity index is 1.87. The van der Waals surface area contributed by atoms with Crippen molar-refractivity contribution < 1.29 is 0 Å². The molecule has 0 N–H and O–H groups in total. The molecule has 0 atom stereocenters. The van der Waals surface area contributed by atoms with Crippen LogP contribution in [0.25, 0.3) is 21.9 Å². The molecule has 0 spiro atoms. The molecule has 4 aromatic rings. The molecule has 0 saturated heterocycles. The highest BCUT2D eigenvalue weighted by Crippen LogP contribution is 2.40. The summed E-state index contributed by atoms with van der Waals surface area (Å²) >= 11 is 0. The molecule has 0 aliphatic rings. The van der Waals surface area contributed by atoms with Crippen molar-refractivity contribution in [3.8, 4) is 0 Å². The quantitative estimate of drug-likeness (QED) is 0.315. The van der Waals surface area contributed by atoms with E-state index in [1.54, 1.807) is 0 Å². The topological polar surface area (TPSA) is 35.6 Å². The average molecular weight is 459 g/mol. The lowest BCUT2D eigenvalue weighted by molar-refractivity contribution is 0.335. The summed E-state index contributed by atoms with van der Waals surface area (Å²) in [7, 11) is 0. The second-order valence-electron chi connectivity index (χ2n) is 13.6. The van der Waals surface area contributed by atoms with Crippen molar-refractivity contribution in [2.45, 2.75) is 104 Å². The molecule has 34 heavy (non-hydrogen) atoms. The van der Waals surface area contributed by atoms with Crippen LogP contribution in [0.15, 0.2) is 42.7 Å². The zero-order chi connectivity index (χ0) is 25.3. The van der Waals surface area contributed by atoms with E-state index in [9.17, 15) is 0 Å². The van der Waals surface area contributed by atoms with Crippen LogP contribution in [0, 0.1) is 0 Å². The number of aromatic nitrogens is 4. The van der Waals surface area contributed by atoms with Gasteiger partial charge in [0.2, 0.25) is 0 Å². The van der Waals surface area contributed by atoms with Crippen molar-refractivity contribution in [2.75, 3.05) is 0 Å². The first kappa shape index (κ1) is 24.5. The Bertz CT molecular complexity index is 1340. The lowest BCUT2D eigenvalue weighted by atomic mass is 9.74. The van der Waals surface area contributed by atoms with Gasteiger partial charge in [0.1, 0.15) is 0 Å². The molecular weight excluding hydrogens is 416 g/mol. The lowest BCUT2D eigenvalue weighted by Gasteiger charge is -2.33. The summed E-state index contributed by atoms with van der Waals surface area (Å²) in [6, 6.07) is 11.1. The molecule has 0 aliphatic heterocycles. The molecule has 0 bridgehead atoms. The first-order chi connectivity index (χ1) is 15.5. The van der Waals surface area contributed by atoms with Crippen LogP contribution in [0.5, 0.6) is 0 Å². The Morgan fingerprint density at radius 3 is 2.06 bits per heavy atom. The number of nitrogens with zero attached hydrogens (tertiary/aromatic N) is 4. The van der Waals surface area contributed by atoms with Gasteiger partial charge in [0.25, 0.3) is 0 Å². The monoisotopic (exact) mass is 458 g/mol. The van der Waals surface area contributed by atoms with E-state index in [1.807, 2.05) is 12.3 Å². The number of fused-ring (bicyclic) bond motifs is 2. The molecule has 0 fully saturated rings. The minimum absolute atomic E-state index is 0.0375. The van der Waals surface area contributed by atoms with E-state index in [1.165, 1.54) is 33.2 Å². The molecule has 4 heteroatoms. The van der Waals surface area contributed by atoms with E-state index in [0.717, 1.165) is 12.1 Å². The van der Waals surface area contributed by atoms with Crippen LogP contribution in [0.4, 0.5) is 0 Å². The van der Waals surface area contributed by atoms with Gasteiger partial charge in [0.05, 0.1) is 29.3 Å². The van der Waals surface area contributed by atoms with Gasteiger partial charge in [-0.05, 0) is 67.0 Å². The van der Waals surface area contributed by atoms with Gasteiger partial charge in [0, 0.05) is 28.2 Å². The number of hydrogen-bond acceptors (Lipinski definition) is 2. The van der Waals surface area contributed by atoms with Gasteiger partial charge in [-0.2, -0.15) is 5.10 Å². The maximum atomic E-state index is 4.94. The lowest BCUT2D eigenvalue weighted by Crippen LogP contribution is -2.33. The van der Waals surface area contributed by atoms with E-state index in [2.05, 4.69) is 121 Å². The van der Waals surface area contributed by atoms with Crippen molar-refractivity contribution in [1.82, 2.24) is 19.3 Å². The first-order valence-corrected chi connectivity index (χ1v) is 12.5. The van der Waals surface area contributed by atoms with Crippen LogP contribution in [0.3, 0.4) is 0 Å². The van der Waals surface area contributed by atoms with Crippen LogP contribution >= 0.6 is 0 Å². The zero-order valence-corrected chi connectivity index (χ0v) is 23.0. The molecular formula is C30H42N4. The Kier molecular flexibility index (Phi) is 5.54. The van der Waals surface area contributed by atoms with E-state index >= 15 is 0 Å². The van der Waals surface area contributed by atoms with Crippen molar-refractivity contribution in [3.05, 3.63) is 59.5 Å². The predicted molar refractivity (Wildman–Crippen MR) is 145 cm³/mol.